The minimum Gasteiger partial charge on any atom is -0.448 e. The van der Waals surface area contributed by atoms with E-state index in [0.29, 0.717) is 0 Å². The highest BCUT2D eigenvalue weighted by Gasteiger charge is 2.26. The first-order chi connectivity index (χ1) is 15.5. The molecule has 1 aromatic heterocycles. The van der Waals surface area contributed by atoms with Crippen LogP contribution in [0, 0.1) is 0 Å². The molecule has 4 rings (SSSR count). The Morgan fingerprint density at radius 1 is 1.09 bits per heavy atom. The summed E-state index contributed by atoms with van der Waals surface area (Å²) in [6.07, 6.45) is 1.84. The van der Waals surface area contributed by atoms with Crippen LogP contribution >= 0.6 is 0 Å². The van der Waals surface area contributed by atoms with Gasteiger partial charge >= 0.3 is 5.97 Å². The monoisotopic (exact) mass is 431 g/mol. The van der Waals surface area contributed by atoms with E-state index in [1.54, 1.807) is 0 Å². The van der Waals surface area contributed by atoms with Gasteiger partial charge in [-0.3, -0.25) is 9.59 Å². The van der Waals surface area contributed by atoms with Gasteiger partial charge in [0.2, 0.25) is 0 Å². The first-order valence-corrected chi connectivity index (χ1v) is 10.7. The zero-order chi connectivity index (χ0) is 22.5. The van der Waals surface area contributed by atoms with Crippen LogP contribution in [0.4, 0.5) is 0 Å². The minimum atomic E-state index is -0.993. The van der Waals surface area contributed by atoms with Crippen molar-refractivity contribution in [1.29, 1.82) is 0 Å². The molecule has 7 heteroatoms. The smallest absolute Gasteiger partial charge is 0.359 e. The zero-order valence-corrected chi connectivity index (χ0v) is 17.9. The third kappa shape index (κ3) is 4.94. The molecular formula is C25H25N3O4. The van der Waals surface area contributed by atoms with Crippen LogP contribution in [-0.4, -0.2) is 27.8 Å². The topological polar surface area (TPSA) is 90.3 Å². The number of rotatable bonds is 6. The number of hydrogen-bond donors (Lipinski definition) is 1. The van der Waals surface area contributed by atoms with E-state index in [1.807, 2.05) is 48.5 Å². The standard InChI is InChI=1S/C25H25N3O4/c1-17(24(30)26-21-13-7-11-19-10-5-6-12-20(19)21)32-25(31)22-14-15-23(29)28(27-22)16-18-8-3-2-4-9-18/h2-6,8-10,12,14-15,17,21H,7,11,13,16H2,1H3,(H,26,30)/t17-,21-/m1/s1. The molecule has 0 spiro atoms. The van der Waals surface area contributed by atoms with Crippen molar-refractivity contribution in [1.82, 2.24) is 15.1 Å². The van der Waals surface area contributed by atoms with Gasteiger partial charge in [0.05, 0.1) is 12.6 Å². The van der Waals surface area contributed by atoms with E-state index in [0.717, 1.165) is 30.4 Å². The lowest BCUT2D eigenvalue weighted by Crippen LogP contribution is -2.39. The fraction of sp³-hybridized carbons (Fsp3) is 0.280. The summed E-state index contributed by atoms with van der Waals surface area (Å²) >= 11 is 0. The average molecular weight is 431 g/mol. The van der Waals surface area contributed by atoms with Gasteiger partial charge < -0.3 is 10.1 Å². The average Bonchev–Trinajstić information content (AvgIpc) is 2.81. The molecule has 0 bridgehead atoms. The number of carbonyl (C=O) groups is 2. The minimum absolute atomic E-state index is 0.0248. The van der Waals surface area contributed by atoms with Crippen LogP contribution in [0.5, 0.6) is 0 Å². The molecule has 7 nitrogen and oxygen atoms in total. The summed E-state index contributed by atoms with van der Waals surface area (Å²) in [5, 5.41) is 7.12. The number of nitrogens with zero attached hydrogens (tertiary/aromatic N) is 2. The normalized spacial score (nSPS) is 16.0. The van der Waals surface area contributed by atoms with Gasteiger partial charge in [-0.1, -0.05) is 54.6 Å². The van der Waals surface area contributed by atoms with E-state index < -0.39 is 12.1 Å². The van der Waals surface area contributed by atoms with Crippen LogP contribution in [0.2, 0.25) is 0 Å². The predicted octanol–water partition coefficient (Wildman–Crippen LogP) is 3.03. The van der Waals surface area contributed by atoms with Crippen LogP contribution in [0.25, 0.3) is 0 Å². The molecule has 2 aromatic carbocycles. The Hall–Kier alpha value is -3.74. The number of esters is 1. The Kier molecular flexibility index (Phi) is 6.44. The van der Waals surface area contributed by atoms with E-state index in [-0.39, 0.29) is 29.7 Å². The second-order valence-electron chi connectivity index (χ2n) is 7.90. The summed E-state index contributed by atoms with van der Waals surface area (Å²) in [5.41, 5.74) is 2.88. The number of nitrogens with one attached hydrogen (secondary N) is 1. The lowest BCUT2D eigenvalue weighted by atomic mass is 9.87. The summed E-state index contributed by atoms with van der Waals surface area (Å²) in [7, 11) is 0. The lowest BCUT2D eigenvalue weighted by molar-refractivity contribution is -0.130. The van der Waals surface area contributed by atoms with E-state index in [1.165, 1.54) is 29.3 Å². The second-order valence-corrected chi connectivity index (χ2v) is 7.90. The van der Waals surface area contributed by atoms with Crippen molar-refractivity contribution in [3.63, 3.8) is 0 Å². The molecule has 3 aromatic rings. The summed E-state index contributed by atoms with van der Waals surface area (Å²) in [5.74, 6) is -1.11. The molecular weight excluding hydrogens is 406 g/mol. The second kappa shape index (κ2) is 9.60. The quantitative estimate of drug-likeness (QED) is 0.606. The molecule has 1 aliphatic rings. The zero-order valence-electron chi connectivity index (χ0n) is 17.9. The van der Waals surface area contributed by atoms with Crippen LogP contribution in [-0.2, 0) is 22.5 Å². The van der Waals surface area contributed by atoms with Gasteiger partial charge in [-0.15, -0.1) is 0 Å². The summed E-state index contributed by atoms with van der Waals surface area (Å²) in [6, 6.07) is 19.9. The molecule has 2 atom stereocenters. The Labute approximate surface area is 186 Å². The Morgan fingerprint density at radius 2 is 1.84 bits per heavy atom. The Balaban J connectivity index is 1.41. The molecule has 1 heterocycles. The van der Waals surface area contributed by atoms with Crippen molar-refractivity contribution in [3.8, 4) is 0 Å². The molecule has 1 amide bonds. The third-order valence-corrected chi connectivity index (χ3v) is 5.59. The molecule has 1 N–H and O–H groups in total. The number of fused-ring (bicyclic) bond motifs is 1. The van der Waals surface area contributed by atoms with Gasteiger partial charge in [0.15, 0.2) is 11.8 Å². The number of benzene rings is 2. The number of aromatic nitrogens is 2. The SMILES string of the molecule is C[C@@H](OC(=O)c1ccc(=O)n(Cc2ccccc2)n1)C(=O)N[C@@H]1CCCc2ccccc21. The molecule has 32 heavy (non-hydrogen) atoms. The van der Waals surface area contributed by atoms with E-state index >= 15 is 0 Å². The summed E-state index contributed by atoms with van der Waals surface area (Å²) < 4.78 is 6.55. The Morgan fingerprint density at radius 3 is 2.66 bits per heavy atom. The molecule has 0 fully saturated rings. The maximum atomic E-state index is 12.7. The van der Waals surface area contributed by atoms with Crippen LogP contribution in [0.1, 0.15) is 53.0 Å². The maximum Gasteiger partial charge on any atom is 0.359 e. The number of hydrogen-bond acceptors (Lipinski definition) is 5. The molecule has 1 aliphatic carbocycles. The van der Waals surface area contributed by atoms with Gasteiger partial charge in [-0.25, -0.2) is 9.48 Å². The molecule has 0 aliphatic heterocycles. The van der Waals surface area contributed by atoms with E-state index in [9.17, 15) is 14.4 Å². The van der Waals surface area contributed by atoms with Gasteiger partial charge in [-0.05, 0) is 48.9 Å². The fourth-order valence-electron chi connectivity index (χ4n) is 3.89. The number of ether oxygens (including phenoxy) is 1. The first kappa shape index (κ1) is 21.5. The largest absolute Gasteiger partial charge is 0.448 e. The molecule has 0 unspecified atom stereocenters. The summed E-state index contributed by atoms with van der Waals surface area (Å²) in [4.78, 5) is 37.4. The Bertz CT molecular complexity index is 1170. The van der Waals surface area contributed by atoms with Crippen molar-refractivity contribution in [3.05, 3.63) is 99.5 Å². The fourth-order valence-corrected chi connectivity index (χ4v) is 3.89. The van der Waals surface area contributed by atoms with Crippen molar-refractivity contribution < 1.29 is 14.3 Å². The van der Waals surface area contributed by atoms with Gasteiger partial charge in [0.1, 0.15) is 0 Å². The van der Waals surface area contributed by atoms with Crippen molar-refractivity contribution in [2.45, 2.75) is 44.9 Å². The maximum absolute atomic E-state index is 12.7. The van der Waals surface area contributed by atoms with Crippen LogP contribution < -0.4 is 10.9 Å². The molecule has 0 saturated carbocycles. The van der Waals surface area contributed by atoms with Crippen LogP contribution in [0.15, 0.2) is 71.5 Å². The number of carbonyl (C=O) groups excluding carboxylic acids is 2. The van der Waals surface area contributed by atoms with Crippen molar-refractivity contribution >= 4 is 11.9 Å². The summed E-state index contributed by atoms with van der Waals surface area (Å²) in [6.45, 7) is 1.76. The first-order valence-electron chi connectivity index (χ1n) is 10.7. The van der Waals surface area contributed by atoms with Crippen LogP contribution in [0.3, 0.4) is 0 Å². The van der Waals surface area contributed by atoms with Gasteiger partial charge in [0, 0.05) is 6.07 Å². The highest BCUT2D eigenvalue weighted by molar-refractivity contribution is 5.90. The number of amides is 1. The molecule has 0 saturated heterocycles. The molecule has 0 radical (unpaired) electrons. The third-order valence-electron chi connectivity index (χ3n) is 5.59. The van der Waals surface area contributed by atoms with E-state index in [4.69, 9.17) is 4.74 Å². The predicted molar refractivity (Wildman–Crippen MR) is 119 cm³/mol. The highest BCUT2D eigenvalue weighted by Crippen LogP contribution is 2.29. The lowest BCUT2D eigenvalue weighted by Gasteiger charge is -2.27. The van der Waals surface area contributed by atoms with Crippen molar-refractivity contribution in [2.75, 3.05) is 0 Å². The van der Waals surface area contributed by atoms with Gasteiger partial charge in [0.25, 0.3) is 11.5 Å². The highest BCUT2D eigenvalue weighted by atomic mass is 16.5. The van der Waals surface area contributed by atoms with E-state index in [2.05, 4.69) is 16.5 Å². The molecule has 164 valence electrons. The van der Waals surface area contributed by atoms with Gasteiger partial charge in [-0.2, -0.15) is 5.10 Å². The van der Waals surface area contributed by atoms with Crippen molar-refractivity contribution in [2.24, 2.45) is 0 Å². The number of aryl methyl sites for hydroxylation is 1.